The Hall–Kier alpha value is -1.40. The molecule has 0 unspecified atom stereocenters. The summed E-state index contributed by atoms with van der Waals surface area (Å²) in [5.41, 5.74) is 1.15. The van der Waals surface area contributed by atoms with Crippen molar-refractivity contribution in [1.29, 1.82) is 0 Å². The molecule has 0 aliphatic carbocycles. The van der Waals surface area contributed by atoms with Crippen LogP contribution in [0.3, 0.4) is 0 Å². The van der Waals surface area contributed by atoms with Gasteiger partial charge in [0.2, 0.25) is 11.8 Å². The van der Waals surface area contributed by atoms with Crippen molar-refractivity contribution in [3.8, 4) is 5.75 Å². The fraction of sp³-hybridized carbons (Fsp3) is 0.385. The number of halogens is 1. The summed E-state index contributed by atoms with van der Waals surface area (Å²) < 4.78 is 11.7. The van der Waals surface area contributed by atoms with Crippen molar-refractivity contribution in [2.75, 3.05) is 14.2 Å². The Balaban J connectivity index is 2.03. The minimum atomic E-state index is 0.589. The lowest BCUT2D eigenvalue weighted by atomic mass is 10.2. The average Bonchev–Trinajstić information content (AvgIpc) is 2.77. The van der Waals surface area contributed by atoms with Crippen molar-refractivity contribution in [2.45, 2.75) is 20.0 Å². The smallest absolute Gasteiger partial charge is 0.230 e. The van der Waals surface area contributed by atoms with Crippen LogP contribution in [0.4, 0.5) is 0 Å². The molecular weight excluding hydrogens is 310 g/mol. The molecule has 0 aliphatic rings. The molecule has 0 fully saturated rings. The molecule has 0 aliphatic heterocycles. The molecule has 6 heteroatoms. The first-order valence-electron chi connectivity index (χ1n) is 5.88. The van der Waals surface area contributed by atoms with Crippen LogP contribution in [0.2, 0.25) is 0 Å². The highest BCUT2D eigenvalue weighted by atomic mass is 79.9. The molecule has 0 amide bonds. The molecule has 1 aromatic heterocycles. The van der Waals surface area contributed by atoms with Gasteiger partial charge in [0.25, 0.3) is 0 Å². The van der Waals surface area contributed by atoms with Gasteiger partial charge in [0.15, 0.2) is 0 Å². The van der Waals surface area contributed by atoms with Gasteiger partial charge in [-0.15, -0.1) is 10.2 Å². The summed E-state index contributed by atoms with van der Waals surface area (Å²) >= 11 is 3.54. The SMILES string of the molecule is COc1ccc(Br)c(CN(C)Cc2nnc(C)o2)c1. The number of rotatable bonds is 5. The molecule has 0 saturated carbocycles. The van der Waals surface area contributed by atoms with Gasteiger partial charge in [0.05, 0.1) is 13.7 Å². The van der Waals surface area contributed by atoms with Gasteiger partial charge >= 0.3 is 0 Å². The Kier molecular flexibility index (Phi) is 4.55. The quantitative estimate of drug-likeness (QED) is 0.846. The summed E-state index contributed by atoms with van der Waals surface area (Å²) in [4.78, 5) is 2.10. The maximum absolute atomic E-state index is 5.37. The summed E-state index contributed by atoms with van der Waals surface area (Å²) in [7, 11) is 3.67. The van der Waals surface area contributed by atoms with Crippen molar-refractivity contribution in [3.63, 3.8) is 0 Å². The second-order valence-electron chi connectivity index (χ2n) is 4.34. The Morgan fingerprint density at radius 1 is 1.32 bits per heavy atom. The van der Waals surface area contributed by atoms with Gasteiger partial charge in [-0.2, -0.15) is 0 Å². The molecule has 0 radical (unpaired) electrons. The van der Waals surface area contributed by atoms with Gasteiger partial charge in [0, 0.05) is 17.9 Å². The number of aryl methyl sites for hydroxylation is 1. The maximum Gasteiger partial charge on any atom is 0.230 e. The fourth-order valence-electron chi connectivity index (χ4n) is 1.78. The van der Waals surface area contributed by atoms with Crippen LogP contribution < -0.4 is 4.74 Å². The van der Waals surface area contributed by atoms with E-state index in [1.54, 1.807) is 14.0 Å². The minimum absolute atomic E-state index is 0.589. The third-order valence-electron chi connectivity index (χ3n) is 2.67. The summed E-state index contributed by atoms with van der Waals surface area (Å²) in [6.45, 7) is 3.17. The third-order valence-corrected chi connectivity index (χ3v) is 3.44. The van der Waals surface area contributed by atoms with Crippen LogP contribution in [0, 0.1) is 6.92 Å². The molecular formula is C13H16BrN3O2. The Labute approximate surface area is 120 Å². The van der Waals surface area contributed by atoms with E-state index < -0.39 is 0 Å². The van der Waals surface area contributed by atoms with E-state index >= 15 is 0 Å². The molecule has 2 rings (SSSR count). The zero-order valence-electron chi connectivity index (χ0n) is 11.2. The number of ether oxygens (including phenoxy) is 1. The van der Waals surface area contributed by atoms with E-state index in [2.05, 4.69) is 31.0 Å². The van der Waals surface area contributed by atoms with Crippen molar-refractivity contribution >= 4 is 15.9 Å². The standard InChI is InChI=1S/C13H16BrN3O2/c1-9-15-16-13(19-9)8-17(2)7-10-6-11(18-3)4-5-12(10)14/h4-6H,7-8H2,1-3H3. The second kappa shape index (κ2) is 6.16. The minimum Gasteiger partial charge on any atom is -0.497 e. The number of benzene rings is 1. The predicted octanol–water partition coefficient (Wildman–Crippen LogP) is 2.78. The van der Waals surface area contributed by atoms with Gasteiger partial charge in [0.1, 0.15) is 5.75 Å². The van der Waals surface area contributed by atoms with Gasteiger partial charge in [-0.1, -0.05) is 15.9 Å². The highest BCUT2D eigenvalue weighted by Gasteiger charge is 2.09. The van der Waals surface area contributed by atoms with Crippen molar-refractivity contribution in [2.24, 2.45) is 0 Å². The van der Waals surface area contributed by atoms with Crippen molar-refractivity contribution < 1.29 is 9.15 Å². The molecule has 1 heterocycles. The molecule has 102 valence electrons. The second-order valence-corrected chi connectivity index (χ2v) is 5.20. The van der Waals surface area contributed by atoms with Crippen LogP contribution in [0.1, 0.15) is 17.3 Å². The van der Waals surface area contributed by atoms with Crippen LogP contribution in [-0.2, 0) is 13.1 Å². The van der Waals surface area contributed by atoms with Crippen molar-refractivity contribution in [3.05, 3.63) is 40.0 Å². The Morgan fingerprint density at radius 3 is 2.74 bits per heavy atom. The first-order chi connectivity index (χ1) is 9.08. The maximum atomic E-state index is 5.37. The Morgan fingerprint density at radius 2 is 2.11 bits per heavy atom. The molecule has 0 saturated heterocycles. The van der Waals surface area contributed by atoms with Gasteiger partial charge in [-0.3, -0.25) is 4.90 Å². The highest BCUT2D eigenvalue weighted by molar-refractivity contribution is 9.10. The van der Waals surface area contributed by atoms with Crippen LogP contribution in [0.5, 0.6) is 5.75 Å². The van der Waals surface area contributed by atoms with Gasteiger partial charge in [-0.05, 0) is 30.8 Å². The van der Waals surface area contributed by atoms with E-state index in [0.29, 0.717) is 18.3 Å². The summed E-state index contributed by atoms with van der Waals surface area (Å²) in [6, 6.07) is 5.92. The van der Waals surface area contributed by atoms with Crippen LogP contribution in [0.25, 0.3) is 0 Å². The van der Waals surface area contributed by atoms with Gasteiger partial charge < -0.3 is 9.15 Å². The number of methoxy groups -OCH3 is 1. The first kappa shape index (κ1) is 14.0. The van der Waals surface area contributed by atoms with Crippen molar-refractivity contribution in [1.82, 2.24) is 15.1 Å². The largest absolute Gasteiger partial charge is 0.497 e. The molecule has 19 heavy (non-hydrogen) atoms. The fourth-order valence-corrected chi connectivity index (χ4v) is 2.15. The van der Waals surface area contributed by atoms with E-state index in [4.69, 9.17) is 9.15 Å². The lowest BCUT2D eigenvalue weighted by Crippen LogP contribution is -2.17. The van der Waals surface area contributed by atoms with Crippen LogP contribution in [0.15, 0.2) is 27.1 Å². The summed E-state index contributed by atoms with van der Waals surface area (Å²) in [5.74, 6) is 2.06. The van der Waals surface area contributed by atoms with E-state index in [-0.39, 0.29) is 0 Å². The van der Waals surface area contributed by atoms with E-state index in [1.165, 1.54) is 0 Å². The molecule has 1 aromatic carbocycles. The first-order valence-corrected chi connectivity index (χ1v) is 6.67. The van der Waals surface area contributed by atoms with Crippen LogP contribution in [-0.4, -0.2) is 29.3 Å². The normalized spacial score (nSPS) is 11.0. The summed E-state index contributed by atoms with van der Waals surface area (Å²) in [6.07, 6.45) is 0. The van der Waals surface area contributed by atoms with Crippen LogP contribution >= 0.6 is 15.9 Å². The molecule has 0 atom stereocenters. The monoisotopic (exact) mass is 325 g/mol. The molecule has 0 spiro atoms. The lowest BCUT2D eigenvalue weighted by Gasteiger charge is -2.16. The van der Waals surface area contributed by atoms with E-state index in [1.807, 2.05) is 25.2 Å². The Bertz CT molecular complexity index is 557. The number of aromatic nitrogens is 2. The van der Waals surface area contributed by atoms with E-state index in [9.17, 15) is 0 Å². The highest BCUT2D eigenvalue weighted by Crippen LogP contribution is 2.23. The summed E-state index contributed by atoms with van der Waals surface area (Å²) in [5, 5.41) is 7.81. The topological polar surface area (TPSA) is 51.4 Å². The average molecular weight is 326 g/mol. The molecule has 0 N–H and O–H groups in total. The van der Waals surface area contributed by atoms with E-state index in [0.717, 1.165) is 22.3 Å². The zero-order chi connectivity index (χ0) is 13.8. The molecule has 5 nitrogen and oxygen atoms in total. The number of nitrogens with zero attached hydrogens (tertiary/aromatic N) is 3. The lowest BCUT2D eigenvalue weighted by molar-refractivity contribution is 0.278. The van der Waals surface area contributed by atoms with Gasteiger partial charge in [-0.25, -0.2) is 0 Å². The predicted molar refractivity (Wildman–Crippen MR) is 74.9 cm³/mol. The number of hydrogen-bond acceptors (Lipinski definition) is 5. The third kappa shape index (κ3) is 3.78. The molecule has 0 bridgehead atoms. The number of hydrogen-bond donors (Lipinski definition) is 0. The zero-order valence-corrected chi connectivity index (χ0v) is 12.8. The molecule has 2 aromatic rings.